The third-order valence-corrected chi connectivity index (χ3v) is 6.62. The van der Waals surface area contributed by atoms with Gasteiger partial charge >= 0.3 is 7.12 Å². The zero-order chi connectivity index (χ0) is 24.0. The van der Waals surface area contributed by atoms with E-state index in [0.29, 0.717) is 17.9 Å². The molecule has 33 heavy (non-hydrogen) atoms. The fourth-order valence-corrected chi connectivity index (χ4v) is 3.95. The predicted octanol–water partition coefficient (Wildman–Crippen LogP) is 3.75. The van der Waals surface area contributed by atoms with Crippen LogP contribution in [0.15, 0.2) is 53.3 Å². The molecule has 2 aromatic carbocycles. The average molecular weight is 441 g/mol. The Balaban J connectivity index is 1.64. The summed E-state index contributed by atoms with van der Waals surface area (Å²) in [7, 11) is -0.496. The van der Waals surface area contributed by atoms with Gasteiger partial charge in [0.05, 0.1) is 29.4 Å². The van der Waals surface area contributed by atoms with Crippen LogP contribution in [0.3, 0.4) is 0 Å². The van der Waals surface area contributed by atoms with Gasteiger partial charge < -0.3 is 9.31 Å². The molecule has 7 heteroatoms. The fraction of sp³-hybridized carbons (Fsp3) is 0.346. The maximum Gasteiger partial charge on any atom is 0.494 e. The van der Waals surface area contributed by atoms with Crippen molar-refractivity contribution in [1.29, 1.82) is 5.26 Å². The molecule has 3 aromatic rings. The molecule has 0 aliphatic carbocycles. The van der Waals surface area contributed by atoms with Crippen molar-refractivity contribution < 1.29 is 9.31 Å². The van der Waals surface area contributed by atoms with E-state index in [4.69, 9.17) is 9.31 Å². The molecule has 0 amide bonds. The monoisotopic (exact) mass is 441 g/mol. The normalized spacial score (nSPS) is 16.6. The van der Waals surface area contributed by atoms with Crippen LogP contribution < -0.4 is 11.0 Å². The molecule has 1 fully saturated rings. The van der Waals surface area contributed by atoms with E-state index >= 15 is 0 Å². The van der Waals surface area contributed by atoms with Crippen LogP contribution in [0.1, 0.15) is 50.3 Å². The first-order valence-electron chi connectivity index (χ1n) is 11.0. The topological polar surface area (TPSA) is 77.1 Å². The van der Waals surface area contributed by atoms with Crippen LogP contribution in [0.5, 0.6) is 0 Å². The Morgan fingerprint density at radius 2 is 1.64 bits per heavy atom. The van der Waals surface area contributed by atoms with E-state index < -0.39 is 18.3 Å². The van der Waals surface area contributed by atoms with Crippen LogP contribution in [-0.2, 0) is 15.9 Å². The molecule has 0 radical (unpaired) electrons. The summed E-state index contributed by atoms with van der Waals surface area (Å²) in [6.45, 7) is 12.2. The molecular weight excluding hydrogens is 413 g/mol. The molecule has 1 aromatic heterocycles. The highest BCUT2D eigenvalue weighted by atomic mass is 16.7. The van der Waals surface area contributed by atoms with Gasteiger partial charge in [-0.3, -0.25) is 9.36 Å². The van der Waals surface area contributed by atoms with E-state index in [9.17, 15) is 10.1 Å². The van der Waals surface area contributed by atoms with E-state index in [1.165, 1.54) is 0 Å². The van der Waals surface area contributed by atoms with Crippen LogP contribution in [0, 0.1) is 25.2 Å². The molecule has 6 nitrogen and oxygen atoms in total. The number of hydrogen-bond donors (Lipinski definition) is 0. The lowest BCUT2D eigenvalue weighted by Gasteiger charge is -2.32. The third kappa shape index (κ3) is 4.37. The van der Waals surface area contributed by atoms with E-state index in [0.717, 1.165) is 27.8 Å². The Labute approximate surface area is 195 Å². The Hall–Kier alpha value is -3.21. The van der Waals surface area contributed by atoms with E-state index in [-0.39, 0.29) is 5.56 Å². The van der Waals surface area contributed by atoms with Crippen LogP contribution in [0.2, 0.25) is 0 Å². The highest BCUT2D eigenvalue weighted by molar-refractivity contribution is 6.62. The van der Waals surface area contributed by atoms with Crippen molar-refractivity contribution in [3.63, 3.8) is 0 Å². The summed E-state index contributed by atoms with van der Waals surface area (Å²) in [6, 6.07) is 17.4. The highest BCUT2D eigenvalue weighted by Gasteiger charge is 2.51. The molecular formula is C26H28BN3O3. The van der Waals surface area contributed by atoms with Crippen LogP contribution in [0.4, 0.5) is 0 Å². The van der Waals surface area contributed by atoms with Crippen LogP contribution in [0.25, 0.3) is 11.1 Å². The Morgan fingerprint density at radius 1 is 1.00 bits per heavy atom. The van der Waals surface area contributed by atoms with Gasteiger partial charge in [-0.05, 0) is 69.8 Å². The highest BCUT2D eigenvalue weighted by Crippen LogP contribution is 2.37. The largest absolute Gasteiger partial charge is 0.494 e. The van der Waals surface area contributed by atoms with Crippen molar-refractivity contribution in [2.45, 2.75) is 59.3 Å². The van der Waals surface area contributed by atoms with Gasteiger partial charge in [-0.25, -0.2) is 4.98 Å². The third-order valence-electron chi connectivity index (χ3n) is 6.62. The second-order valence-corrected chi connectivity index (χ2v) is 9.57. The Bertz CT molecular complexity index is 1290. The summed E-state index contributed by atoms with van der Waals surface area (Å²) in [5.41, 5.74) is 3.96. The van der Waals surface area contributed by atoms with E-state index in [1.54, 1.807) is 10.6 Å². The zero-order valence-electron chi connectivity index (χ0n) is 20.0. The van der Waals surface area contributed by atoms with Gasteiger partial charge in [-0.1, -0.05) is 36.4 Å². The molecule has 1 aliphatic heterocycles. The first-order valence-corrected chi connectivity index (χ1v) is 11.0. The SMILES string of the molecule is Cc1cc(=O)n(Cc2ccc(-c3cc(B4OC(C)(C)C(C)(C)O4)ccc3C#N)cc2)c(C)n1. The van der Waals surface area contributed by atoms with E-state index in [1.807, 2.05) is 84.0 Å². The lowest BCUT2D eigenvalue weighted by Crippen LogP contribution is -2.41. The molecule has 4 rings (SSSR count). The maximum atomic E-state index is 12.4. The molecule has 0 saturated carbocycles. The number of aryl methyl sites for hydroxylation is 2. The summed E-state index contributed by atoms with van der Waals surface area (Å²) in [6.07, 6.45) is 0. The molecule has 0 atom stereocenters. The Kier molecular flexibility index (Phi) is 5.77. The smallest absolute Gasteiger partial charge is 0.399 e. The molecule has 1 aliphatic rings. The predicted molar refractivity (Wildman–Crippen MR) is 129 cm³/mol. The number of hydrogen-bond acceptors (Lipinski definition) is 5. The number of benzene rings is 2. The number of nitrogens with zero attached hydrogens (tertiary/aromatic N) is 3. The van der Waals surface area contributed by atoms with E-state index in [2.05, 4.69) is 11.1 Å². The molecule has 0 bridgehead atoms. The summed E-state index contributed by atoms with van der Waals surface area (Å²) < 4.78 is 14.0. The number of nitriles is 1. The molecule has 0 unspecified atom stereocenters. The summed E-state index contributed by atoms with van der Waals surface area (Å²) in [5.74, 6) is 0.686. The second-order valence-electron chi connectivity index (χ2n) is 9.57. The van der Waals surface area contributed by atoms with Gasteiger partial charge in [0.2, 0.25) is 0 Å². The summed E-state index contributed by atoms with van der Waals surface area (Å²) in [5, 5.41) is 9.68. The van der Waals surface area contributed by atoms with Crippen molar-refractivity contribution in [3.05, 3.63) is 81.5 Å². The standard InChI is InChI=1S/C26H28BN3O3/c1-17-13-24(31)30(18(2)29-17)16-19-7-9-20(10-8-19)23-14-22(12-11-21(23)15-28)27-32-25(3,4)26(5,6)33-27/h7-14H,16H2,1-6H3. The molecule has 0 N–H and O–H groups in total. The van der Waals surface area contributed by atoms with Crippen molar-refractivity contribution in [2.24, 2.45) is 0 Å². The minimum atomic E-state index is -0.496. The number of aromatic nitrogens is 2. The molecule has 1 saturated heterocycles. The molecule has 2 heterocycles. The van der Waals surface area contributed by atoms with Crippen LogP contribution >= 0.6 is 0 Å². The number of rotatable bonds is 4. The van der Waals surface area contributed by atoms with Gasteiger partial charge in [0.15, 0.2) is 0 Å². The van der Waals surface area contributed by atoms with Crippen molar-refractivity contribution in [1.82, 2.24) is 9.55 Å². The zero-order valence-corrected chi connectivity index (χ0v) is 20.0. The van der Waals surface area contributed by atoms with Crippen molar-refractivity contribution in [3.8, 4) is 17.2 Å². The van der Waals surface area contributed by atoms with Gasteiger partial charge in [0.1, 0.15) is 5.82 Å². The van der Waals surface area contributed by atoms with Crippen molar-refractivity contribution in [2.75, 3.05) is 0 Å². The van der Waals surface area contributed by atoms with Gasteiger partial charge in [0.25, 0.3) is 5.56 Å². The molecule has 0 spiro atoms. The first kappa shape index (κ1) is 23.0. The van der Waals surface area contributed by atoms with Gasteiger partial charge in [-0.15, -0.1) is 0 Å². The first-order chi connectivity index (χ1) is 15.5. The van der Waals surface area contributed by atoms with Gasteiger partial charge in [0, 0.05) is 11.8 Å². The van der Waals surface area contributed by atoms with Crippen molar-refractivity contribution >= 4 is 12.6 Å². The fourth-order valence-electron chi connectivity index (χ4n) is 3.95. The molecule has 168 valence electrons. The summed E-state index contributed by atoms with van der Waals surface area (Å²) >= 11 is 0. The minimum absolute atomic E-state index is 0.0639. The Morgan fingerprint density at radius 3 is 2.21 bits per heavy atom. The lowest BCUT2D eigenvalue weighted by atomic mass is 9.77. The minimum Gasteiger partial charge on any atom is -0.399 e. The second kappa shape index (κ2) is 8.29. The summed E-state index contributed by atoms with van der Waals surface area (Å²) in [4.78, 5) is 16.7. The lowest BCUT2D eigenvalue weighted by molar-refractivity contribution is 0.00578. The maximum absolute atomic E-state index is 12.4. The van der Waals surface area contributed by atoms with Gasteiger partial charge in [-0.2, -0.15) is 5.26 Å². The quantitative estimate of drug-likeness (QED) is 0.577. The van der Waals surface area contributed by atoms with Crippen LogP contribution in [-0.4, -0.2) is 27.9 Å². The average Bonchev–Trinajstić information content (AvgIpc) is 2.97.